The summed E-state index contributed by atoms with van der Waals surface area (Å²) in [4.78, 5) is 13.9. The third kappa shape index (κ3) is 5.15. The molecule has 0 amide bonds. The lowest BCUT2D eigenvalue weighted by Crippen LogP contribution is -2.31. The van der Waals surface area contributed by atoms with Gasteiger partial charge in [0, 0.05) is 17.8 Å². The number of anilines is 3. The minimum atomic E-state index is -0.566. The van der Waals surface area contributed by atoms with E-state index in [-0.39, 0.29) is 11.8 Å². The number of hydrogen-bond acceptors (Lipinski definition) is 8. The van der Waals surface area contributed by atoms with E-state index in [4.69, 9.17) is 10.7 Å². The second-order valence-electron chi connectivity index (χ2n) is 8.07. The maximum atomic E-state index is 10.2. The normalized spacial score (nSPS) is 13.1. The van der Waals surface area contributed by atoms with Gasteiger partial charge in [0.2, 0.25) is 5.95 Å². The van der Waals surface area contributed by atoms with E-state index in [1.54, 1.807) is 31.5 Å². The van der Waals surface area contributed by atoms with Crippen molar-refractivity contribution in [2.45, 2.75) is 45.5 Å². The van der Waals surface area contributed by atoms with Crippen LogP contribution in [0.1, 0.15) is 31.4 Å². The number of phenols is 1. The highest BCUT2D eigenvalue weighted by Crippen LogP contribution is 2.25. The number of aromatic nitrogens is 4. The van der Waals surface area contributed by atoms with E-state index in [2.05, 4.69) is 32.7 Å². The van der Waals surface area contributed by atoms with Crippen molar-refractivity contribution in [1.29, 1.82) is 0 Å². The van der Waals surface area contributed by atoms with E-state index < -0.39 is 6.10 Å². The summed E-state index contributed by atoms with van der Waals surface area (Å²) in [5.74, 6) is 1.07. The number of hydrogen-bond donors (Lipinski definition) is 5. The van der Waals surface area contributed by atoms with E-state index >= 15 is 0 Å². The molecule has 4 aromatic rings. The lowest BCUT2D eigenvalue weighted by molar-refractivity contribution is 0.169. The minimum Gasteiger partial charge on any atom is -0.508 e. The Labute approximate surface area is 192 Å². The van der Waals surface area contributed by atoms with Gasteiger partial charge in [-0.1, -0.05) is 37.3 Å². The molecule has 0 radical (unpaired) electrons. The fourth-order valence-corrected chi connectivity index (χ4v) is 3.68. The van der Waals surface area contributed by atoms with Crippen molar-refractivity contribution in [2.24, 2.45) is 0 Å². The van der Waals surface area contributed by atoms with Gasteiger partial charge < -0.3 is 31.1 Å². The van der Waals surface area contributed by atoms with E-state index in [0.717, 1.165) is 5.56 Å². The van der Waals surface area contributed by atoms with Crippen LogP contribution < -0.4 is 16.4 Å². The third-order valence-electron chi connectivity index (χ3n) is 5.55. The number of aliphatic hydroxyl groups is 1. The van der Waals surface area contributed by atoms with E-state index in [1.165, 1.54) is 0 Å². The molecule has 2 unspecified atom stereocenters. The number of nitrogens with one attached hydrogen (secondary N) is 2. The monoisotopic (exact) mass is 447 g/mol. The van der Waals surface area contributed by atoms with Crippen molar-refractivity contribution in [3.05, 3.63) is 66.0 Å². The van der Waals surface area contributed by atoms with Crippen LogP contribution in [-0.4, -0.2) is 41.9 Å². The summed E-state index contributed by atoms with van der Waals surface area (Å²) >= 11 is 0. The molecule has 0 aliphatic heterocycles. The Morgan fingerprint density at radius 1 is 1.12 bits per heavy atom. The molecule has 0 fully saturated rings. The molecular weight excluding hydrogens is 418 g/mol. The second-order valence-corrected chi connectivity index (χ2v) is 8.07. The fraction of sp³-hybridized carbons (Fsp3) is 0.292. The molecule has 0 spiro atoms. The van der Waals surface area contributed by atoms with Crippen molar-refractivity contribution in [1.82, 2.24) is 19.5 Å². The highest BCUT2D eigenvalue weighted by atomic mass is 16.3. The predicted molar refractivity (Wildman–Crippen MR) is 130 cm³/mol. The Kier molecular flexibility index (Phi) is 6.60. The minimum absolute atomic E-state index is 0.148. The molecule has 0 bridgehead atoms. The first-order valence-electron chi connectivity index (χ1n) is 11.0. The maximum Gasteiger partial charge on any atom is 0.227 e. The first-order valence-corrected chi connectivity index (χ1v) is 11.0. The van der Waals surface area contributed by atoms with Gasteiger partial charge in [-0.25, -0.2) is 4.98 Å². The van der Waals surface area contributed by atoms with Crippen LogP contribution in [0.5, 0.6) is 5.75 Å². The average molecular weight is 448 g/mol. The fourth-order valence-electron chi connectivity index (χ4n) is 3.68. The molecule has 33 heavy (non-hydrogen) atoms. The van der Waals surface area contributed by atoms with Gasteiger partial charge in [-0.3, -0.25) is 0 Å². The molecule has 0 aliphatic rings. The van der Waals surface area contributed by atoms with Crippen LogP contribution in [0.2, 0.25) is 0 Å². The highest BCUT2D eigenvalue weighted by Gasteiger charge is 2.18. The number of fused-ring (bicyclic) bond motifs is 1. The number of phenolic OH excluding ortho intramolecular Hbond substituents is 1. The summed E-state index contributed by atoms with van der Waals surface area (Å²) in [5.41, 5.74) is 9.49. The van der Waals surface area contributed by atoms with E-state index in [0.29, 0.717) is 53.7 Å². The summed E-state index contributed by atoms with van der Waals surface area (Å²) in [6.45, 7) is 4.64. The van der Waals surface area contributed by atoms with Crippen LogP contribution in [0.25, 0.3) is 11.2 Å². The summed E-state index contributed by atoms with van der Waals surface area (Å²) < 4.78 is 1.96. The van der Waals surface area contributed by atoms with E-state index in [9.17, 15) is 10.2 Å². The van der Waals surface area contributed by atoms with Crippen molar-refractivity contribution in [2.75, 3.05) is 16.4 Å². The lowest BCUT2D eigenvalue weighted by atomic mass is 10.1. The summed E-state index contributed by atoms with van der Waals surface area (Å²) in [7, 11) is 0. The molecule has 172 valence electrons. The molecule has 6 N–H and O–H groups in total. The van der Waals surface area contributed by atoms with Crippen LogP contribution in [0.15, 0.2) is 54.9 Å². The number of benzene rings is 2. The van der Waals surface area contributed by atoms with Gasteiger partial charge in [-0.05, 0) is 37.1 Å². The first kappa shape index (κ1) is 22.3. The van der Waals surface area contributed by atoms with Crippen LogP contribution in [0.4, 0.5) is 17.5 Å². The number of aromatic hydroxyl groups is 1. The molecule has 0 saturated carbocycles. The van der Waals surface area contributed by atoms with Crippen molar-refractivity contribution >= 4 is 28.6 Å². The summed E-state index contributed by atoms with van der Waals surface area (Å²) in [5, 5.41) is 26.8. The van der Waals surface area contributed by atoms with E-state index in [1.807, 2.05) is 29.7 Å². The van der Waals surface area contributed by atoms with Crippen LogP contribution in [0.3, 0.4) is 0 Å². The number of nitrogens with zero attached hydrogens (tertiary/aromatic N) is 4. The molecular formula is C24H29N7O2. The van der Waals surface area contributed by atoms with Crippen LogP contribution >= 0.6 is 0 Å². The van der Waals surface area contributed by atoms with Gasteiger partial charge in [0.05, 0.1) is 25.0 Å². The molecule has 2 atom stereocenters. The van der Waals surface area contributed by atoms with Gasteiger partial charge in [-0.15, -0.1) is 0 Å². The molecule has 0 saturated heterocycles. The molecule has 2 heterocycles. The van der Waals surface area contributed by atoms with Gasteiger partial charge >= 0.3 is 0 Å². The Morgan fingerprint density at radius 2 is 1.91 bits per heavy atom. The van der Waals surface area contributed by atoms with Crippen LogP contribution in [0, 0.1) is 0 Å². The Morgan fingerprint density at radius 3 is 2.64 bits per heavy atom. The van der Waals surface area contributed by atoms with Crippen molar-refractivity contribution in [3.8, 4) is 5.75 Å². The zero-order valence-corrected chi connectivity index (χ0v) is 18.7. The Balaban J connectivity index is 1.71. The zero-order chi connectivity index (χ0) is 23.4. The molecule has 4 rings (SSSR count). The highest BCUT2D eigenvalue weighted by molar-refractivity contribution is 5.84. The van der Waals surface area contributed by atoms with Gasteiger partial charge in [0.25, 0.3) is 0 Å². The Hall–Kier alpha value is -3.85. The van der Waals surface area contributed by atoms with Crippen molar-refractivity contribution in [3.63, 3.8) is 0 Å². The molecule has 2 aromatic heterocycles. The summed E-state index contributed by atoms with van der Waals surface area (Å²) in [6.07, 6.45) is 1.89. The zero-order valence-electron chi connectivity index (χ0n) is 18.7. The maximum absolute atomic E-state index is 10.2. The smallest absolute Gasteiger partial charge is 0.227 e. The largest absolute Gasteiger partial charge is 0.508 e. The summed E-state index contributed by atoms with van der Waals surface area (Å²) in [6, 6.07) is 14.8. The van der Waals surface area contributed by atoms with Gasteiger partial charge in [0.15, 0.2) is 17.0 Å². The Bertz CT molecular complexity index is 1220. The van der Waals surface area contributed by atoms with Crippen LogP contribution in [-0.2, 0) is 13.1 Å². The predicted octanol–water partition coefficient (Wildman–Crippen LogP) is 3.35. The standard InChI is InChI=1S/C24H29N7O2/c1-3-19(15(2)32)28-24-29-22(26-12-17-11-18(25)9-10-20(17)33)21-23(30-24)31(14-27-21)13-16-7-5-4-6-8-16/h4-11,14-15,19,32-33H,3,12-13,25H2,1-2H3,(H2,26,28,29,30). The molecule has 9 nitrogen and oxygen atoms in total. The number of rotatable bonds is 9. The van der Waals surface area contributed by atoms with Gasteiger partial charge in [-0.2, -0.15) is 9.97 Å². The second kappa shape index (κ2) is 9.74. The number of aliphatic hydroxyl groups excluding tert-OH is 1. The molecule has 0 aliphatic carbocycles. The number of nitrogen functional groups attached to an aromatic ring is 1. The number of imidazole rings is 1. The molecule has 2 aromatic carbocycles. The first-order chi connectivity index (χ1) is 15.9. The average Bonchev–Trinajstić information content (AvgIpc) is 3.21. The van der Waals surface area contributed by atoms with Gasteiger partial charge in [0.1, 0.15) is 5.75 Å². The molecule has 9 heteroatoms. The van der Waals surface area contributed by atoms with Crippen molar-refractivity contribution < 1.29 is 10.2 Å². The number of nitrogens with two attached hydrogens (primary N) is 1. The third-order valence-corrected chi connectivity index (χ3v) is 5.55. The SMILES string of the molecule is CCC(Nc1nc(NCc2cc(N)ccc2O)c2ncn(Cc3ccccc3)c2n1)C(C)O. The topological polar surface area (TPSA) is 134 Å². The lowest BCUT2D eigenvalue weighted by Gasteiger charge is -2.20. The quantitative estimate of drug-likeness (QED) is 0.195.